The number of hydrogen-bond acceptors (Lipinski definition) is 4. The smallest absolute Gasteiger partial charge is 0.191 e. The molecule has 0 radical (unpaired) electrons. The molecule has 0 fully saturated rings. The van der Waals surface area contributed by atoms with Gasteiger partial charge in [-0.05, 0) is 36.1 Å². The number of rotatable bonds is 9. The van der Waals surface area contributed by atoms with Gasteiger partial charge in [-0.1, -0.05) is 25.0 Å². The molecule has 0 aliphatic heterocycles. The lowest BCUT2D eigenvalue weighted by Gasteiger charge is -2.15. The van der Waals surface area contributed by atoms with E-state index in [0.29, 0.717) is 24.0 Å². The third-order valence-electron chi connectivity index (χ3n) is 3.91. The summed E-state index contributed by atoms with van der Waals surface area (Å²) in [6, 6.07) is 10.0. The van der Waals surface area contributed by atoms with Crippen LogP contribution in [0.2, 0.25) is 0 Å². The second-order valence-electron chi connectivity index (χ2n) is 5.97. The molecule has 1 aromatic heterocycles. The van der Waals surface area contributed by atoms with E-state index in [1.54, 1.807) is 18.4 Å². The summed E-state index contributed by atoms with van der Waals surface area (Å²) in [4.78, 5) is 6.04. The van der Waals surface area contributed by atoms with Crippen LogP contribution in [-0.4, -0.2) is 32.8 Å². The van der Waals surface area contributed by atoms with Crippen molar-refractivity contribution in [1.29, 1.82) is 0 Å². The highest BCUT2D eigenvalue weighted by atomic mass is 127. The summed E-state index contributed by atoms with van der Waals surface area (Å²) in [6.07, 6.45) is 5.28. The van der Waals surface area contributed by atoms with Gasteiger partial charge in [0.05, 0.1) is 13.7 Å². The third kappa shape index (κ3) is 7.60. The molecule has 0 aliphatic carbocycles. The van der Waals surface area contributed by atoms with Gasteiger partial charge in [0.1, 0.15) is 6.61 Å². The predicted octanol–water partition coefficient (Wildman–Crippen LogP) is 4.25. The number of aliphatic imine (C=N–C) groups is 1. The average Bonchev–Trinajstić information content (AvgIpc) is 3.23. The van der Waals surface area contributed by atoms with E-state index in [9.17, 15) is 0 Å². The fraction of sp³-hybridized carbons (Fsp3) is 0.381. The topological polar surface area (TPSA) is 54.9 Å². The van der Waals surface area contributed by atoms with Crippen LogP contribution in [-0.2, 0) is 6.54 Å². The van der Waals surface area contributed by atoms with Crippen molar-refractivity contribution in [3.8, 4) is 23.8 Å². The minimum absolute atomic E-state index is 0. The van der Waals surface area contributed by atoms with E-state index < -0.39 is 0 Å². The number of thiophene rings is 1. The number of halogens is 1. The lowest BCUT2D eigenvalue weighted by atomic mass is 10.1. The van der Waals surface area contributed by atoms with Gasteiger partial charge >= 0.3 is 0 Å². The van der Waals surface area contributed by atoms with E-state index in [4.69, 9.17) is 15.9 Å². The number of nitrogens with one attached hydrogen (secondary N) is 2. The maximum absolute atomic E-state index is 5.55. The zero-order valence-electron chi connectivity index (χ0n) is 16.5. The molecular formula is C21H28IN3O2S. The summed E-state index contributed by atoms with van der Waals surface area (Å²) < 4.78 is 10.9. The Labute approximate surface area is 189 Å². The molecule has 2 N–H and O–H groups in total. The summed E-state index contributed by atoms with van der Waals surface area (Å²) in [7, 11) is 1.61. The quantitative estimate of drug-likeness (QED) is 0.228. The van der Waals surface area contributed by atoms with Crippen LogP contribution in [0.15, 0.2) is 40.7 Å². The molecule has 2 aromatic rings. The molecule has 0 amide bonds. The van der Waals surface area contributed by atoms with Gasteiger partial charge in [0.25, 0.3) is 0 Å². The molecule has 1 aromatic carbocycles. The summed E-state index contributed by atoms with van der Waals surface area (Å²) in [5.74, 6) is 4.98. The van der Waals surface area contributed by atoms with Crippen LogP contribution in [0.4, 0.5) is 0 Å². The zero-order valence-corrected chi connectivity index (χ0v) is 19.7. The molecular weight excluding hydrogens is 485 g/mol. The van der Waals surface area contributed by atoms with Crippen molar-refractivity contribution in [3.63, 3.8) is 0 Å². The number of ether oxygens (including phenoxy) is 2. The molecule has 1 atom stereocenters. The molecule has 5 nitrogen and oxygen atoms in total. The van der Waals surface area contributed by atoms with Gasteiger partial charge in [0.15, 0.2) is 17.5 Å². The van der Waals surface area contributed by atoms with Crippen molar-refractivity contribution in [2.24, 2.45) is 4.99 Å². The van der Waals surface area contributed by atoms with E-state index in [2.05, 4.69) is 52.9 Å². The van der Waals surface area contributed by atoms with Gasteiger partial charge < -0.3 is 20.1 Å². The Kier molecular flexibility index (Phi) is 11.4. The number of methoxy groups -OCH3 is 1. The fourth-order valence-electron chi connectivity index (χ4n) is 2.49. The average molecular weight is 513 g/mol. The van der Waals surface area contributed by atoms with Crippen LogP contribution in [0.5, 0.6) is 11.5 Å². The molecule has 0 saturated carbocycles. The first kappa shape index (κ1) is 24.1. The fourth-order valence-corrected chi connectivity index (χ4v) is 3.27. The minimum Gasteiger partial charge on any atom is -0.493 e. The molecule has 152 valence electrons. The zero-order chi connectivity index (χ0) is 19.5. The molecule has 0 spiro atoms. The maximum atomic E-state index is 5.55. The maximum Gasteiger partial charge on any atom is 0.191 e. The van der Waals surface area contributed by atoms with E-state index >= 15 is 0 Å². The highest BCUT2D eigenvalue weighted by Crippen LogP contribution is 2.28. The normalized spacial score (nSPS) is 11.7. The summed E-state index contributed by atoms with van der Waals surface area (Å²) in [6.45, 7) is 6.62. The highest BCUT2D eigenvalue weighted by Gasteiger charge is 2.08. The van der Waals surface area contributed by atoms with E-state index in [0.717, 1.165) is 24.6 Å². The third-order valence-corrected chi connectivity index (χ3v) is 5.01. The first-order valence-electron chi connectivity index (χ1n) is 8.96. The Bertz CT molecular complexity index is 772. The second kappa shape index (κ2) is 13.3. The molecule has 2 rings (SSSR count). The first-order chi connectivity index (χ1) is 13.2. The van der Waals surface area contributed by atoms with Gasteiger partial charge in [-0.3, -0.25) is 0 Å². The number of guanidine groups is 1. The van der Waals surface area contributed by atoms with Crippen LogP contribution >= 0.6 is 35.3 Å². The van der Waals surface area contributed by atoms with Gasteiger partial charge in [-0.15, -0.1) is 41.7 Å². The summed E-state index contributed by atoms with van der Waals surface area (Å²) in [5.41, 5.74) is 1.02. The lowest BCUT2D eigenvalue weighted by molar-refractivity contribution is 0.330. The van der Waals surface area contributed by atoms with Crippen LogP contribution in [0, 0.1) is 12.3 Å². The number of hydrogen-bond donors (Lipinski definition) is 2. The highest BCUT2D eigenvalue weighted by molar-refractivity contribution is 14.0. The van der Waals surface area contributed by atoms with Gasteiger partial charge in [0, 0.05) is 23.9 Å². The van der Waals surface area contributed by atoms with Crippen molar-refractivity contribution >= 4 is 41.3 Å². The Balaban J connectivity index is 0.00000392. The standard InChI is InChI=1S/C21H27N3O2S.HI/c1-5-11-26-19-13-17(9-10-18(19)25-4)15-24-21(22-6-2)23-14-16(3)20-8-7-12-27-20;/h1,7-10,12-13,16H,6,11,14-15H2,2-4H3,(H2,22,23,24);1H. The molecule has 0 bridgehead atoms. The van der Waals surface area contributed by atoms with Gasteiger partial charge in [0.2, 0.25) is 0 Å². The molecule has 0 saturated heterocycles. The Hall–Kier alpha value is -1.92. The van der Waals surface area contributed by atoms with Crippen LogP contribution in [0.25, 0.3) is 0 Å². The Morgan fingerprint density at radius 3 is 2.75 bits per heavy atom. The van der Waals surface area contributed by atoms with Crippen LogP contribution in [0.1, 0.15) is 30.2 Å². The Morgan fingerprint density at radius 1 is 1.29 bits per heavy atom. The van der Waals surface area contributed by atoms with Crippen LogP contribution in [0.3, 0.4) is 0 Å². The molecule has 28 heavy (non-hydrogen) atoms. The van der Waals surface area contributed by atoms with E-state index in [1.165, 1.54) is 4.88 Å². The molecule has 1 unspecified atom stereocenters. The number of benzene rings is 1. The molecule has 0 aliphatic rings. The monoisotopic (exact) mass is 513 g/mol. The minimum atomic E-state index is 0. The Morgan fingerprint density at radius 2 is 2.11 bits per heavy atom. The van der Waals surface area contributed by atoms with Gasteiger partial charge in [-0.25, -0.2) is 4.99 Å². The summed E-state index contributed by atoms with van der Waals surface area (Å²) >= 11 is 1.78. The van der Waals surface area contributed by atoms with E-state index in [-0.39, 0.29) is 30.6 Å². The predicted molar refractivity (Wildman–Crippen MR) is 128 cm³/mol. The number of terminal acetylenes is 1. The lowest BCUT2D eigenvalue weighted by Crippen LogP contribution is -2.39. The van der Waals surface area contributed by atoms with Gasteiger partial charge in [-0.2, -0.15) is 0 Å². The summed E-state index contributed by atoms with van der Waals surface area (Å²) in [5, 5.41) is 8.80. The van der Waals surface area contributed by atoms with Crippen molar-refractivity contribution in [2.45, 2.75) is 26.3 Å². The SMILES string of the molecule is C#CCOc1cc(CN=C(NCC)NCC(C)c2cccs2)ccc1OC.I. The largest absolute Gasteiger partial charge is 0.493 e. The van der Waals surface area contributed by atoms with Crippen LogP contribution < -0.4 is 20.1 Å². The second-order valence-corrected chi connectivity index (χ2v) is 6.95. The number of nitrogens with zero attached hydrogens (tertiary/aromatic N) is 1. The van der Waals surface area contributed by atoms with Crippen molar-refractivity contribution in [3.05, 3.63) is 46.2 Å². The van der Waals surface area contributed by atoms with Crippen molar-refractivity contribution < 1.29 is 9.47 Å². The van der Waals surface area contributed by atoms with Crippen molar-refractivity contribution in [2.75, 3.05) is 26.8 Å². The van der Waals surface area contributed by atoms with Crippen molar-refractivity contribution in [1.82, 2.24) is 10.6 Å². The first-order valence-corrected chi connectivity index (χ1v) is 9.84. The molecule has 1 heterocycles. The molecule has 7 heteroatoms. The van der Waals surface area contributed by atoms with E-state index in [1.807, 2.05) is 18.2 Å².